The summed E-state index contributed by atoms with van der Waals surface area (Å²) >= 11 is 0. The lowest BCUT2D eigenvalue weighted by Gasteiger charge is -2.08. The molecule has 3 rings (SSSR count). The van der Waals surface area contributed by atoms with Crippen molar-refractivity contribution >= 4 is 0 Å². The van der Waals surface area contributed by atoms with Gasteiger partial charge in [-0.2, -0.15) is 0 Å². The lowest BCUT2D eigenvalue weighted by molar-refractivity contribution is 0.867. The molecular formula is C19H25N. The van der Waals surface area contributed by atoms with E-state index in [0.29, 0.717) is 5.92 Å². The number of rotatable bonds is 3. The van der Waals surface area contributed by atoms with E-state index in [1.807, 2.05) is 20.0 Å². The molecule has 0 amide bonds. The van der Waals surface area contributed by atoms with Crippen LogP contribution in [-0.2, 0) is 0 Å². The van der Waals surface area contributed by atoms with Crippen LogP contribution in [0.2, 0.25) is 0 Å². The molecule has 20 heavy (non-hydrogen) atoms. The van der Waals surface area contributed by atoms with Crippen LogP contribution in [0.25, 0.3) is 11.1 Å². The van der Waals surface area contributed by atoms with Gasteiger partial charge in [0, 0.05) is 23.4 Å². The fourth-order valence-electron chi connectivity index (χ4n) is 2.27. The van der Waals surface area contributed by atoms with Crippen molar-refractivity contribution in [1.82, 2.24) is 4.98 Å². The Balaban J connectivity index is 0.000000704. The van der Waals surface area contributed by atoms with Crippen molar-refractivity contribution in [3.63, 3.8) is 0 Å². The predicted octanol–water partition coefficient (Wildman–Crippen LogP) is 5.78. The average Bonchev–Trinajstić information content (AvgIpc) is 3.34. The zero-order chi connectivity index (χ0) is 14.5. The van der Waals surface area contributed by atoms with Gasteiger partial charge in [0.15, 0.2) is 0 Å². The monoisotopic (exact) mass is 267 g/mol. The molecule has 1 heteroatoms. The fraction of sp³-hybridized carbons (Fsp3) is 0.421. The van der Waals surface area contributed by atoms with Gasteiger partial charge in [-0.25, -0.2) is 0 Å². The predicted molar refractivity (Wildman–Crippen MR) is 87.1 cm³/mol. The van der Waals surface area contributed by atoms with E-state index in [9.17, 15) is 0 Å². The molecule has 0 N–H and O–H groups in total. The summed E-state index contributed by atoms with van der Waals surface area (Å²) in [5.41, 5.74) is 5.15. The molecule has 0 atom stereocenters. The third kappa shape index (κ3) is 3.47. The second-order valence-corrected chi connectivity index (χ2v) is 5.53. The maximum absolute atomic E-state index is 4.59. The molecule has 0 unspecified atom stereocenters. The van der Waals surface area contributed by atoms with Crippen LogP contribution in [0.4, 0.5) is 0 Å². The van der Waals surface area contributed by atoms with Crippen LogP contribution in [0.1, 0.15) is 63.6 Å². The molecule has 1 aromatic heterocycles. The number of aromatic nitrogens is 1. The van der Waals surface area contributed by atoms with Gasteiger partial charge in [-0.3, -0.25) is 4.98 Å². The molecule has 1 aromatic carbocycles. The van der Waals surface area contributed by atoms with Crippen molar-refractivity contribution in [2.24, 2.45) is 0 Å². The van der Waals surface area contributed by atoms with E-state index in [2.05, 4.69) is 55.2 Å². The molecule has 106 valence electrons. The van der Waals surface area contributed by atoms with Gasteiger partial charge in [0.1, 0.15) is 0 Å². The quantitative estimate of drug-likeness (QED) is 0.687. The fourth-order valence-corrected chi connectivity index (χ4v) is 2.27. The Morgan fingerprint density at radius 3 is 2.30 bits per heavy atom. The molecule has 0 saturated heterocycles. The highest BCUT2D eigenvalue weighted by Crippen LogP contribution is 2.39. The first-order valence-electron chi connectivity index (χ1n) is 7.80. The van der Waals surface area contributed by atoms with E-state index in [4.69, 9.17) is 0 Å². The molecule has 0 bridgehead atoms. The normalized spacial score (nSPS) is 13.8. The molecule has 1 aliphatic rings. The van der Waals surface area contributed by atoms with Crippen molar-refractivity contribution in [3.8, 4) is 11.1 Å². The number of pyridine rings is 1. The Labute approximate surface area is 123 Å². The maximum atomic E-state index is 4.59. The van der Waals surface area contributed by atoms with E-state index < -0.39 is 0 Å². The van der Waals surface area contributed by atoms with Gasteiger partial charge >= 0.3 is 0 Å². The molecule has 1 saturated carbocycles. The second-order valence-electron chi connectivity index (χ2n) is 5.53. The smallest absolute Gasteiger partial charge is 0.0434 e. The van der Waals surface area contributed by atoms with Gasteiger partial charge in [0.2, 0.25) is 0 Å². The average molecular weight is 267 g/mol. The molecule has 0 radical (unpaired) electrons. The van der Waals surface area contributed by atoms with E-state index >= 15 is 0 Å². The lowest BCUT2D eigenvalue weighted by atomic mass is 9.98. The molecule has 0 aliphatic heterocycles. The van der Waals surface area contributed by atoms with Crippen LogP contribution in [0, 0.1) is 0 Å². The molecular weight excluding hydrogens is 242 g/mol. The zero-order valence-electron chi connectivity index (χ0n) is 13.1. The van der Waals surface area contributed by atoms with Gasteiger partial charge in [0.05, 0.1) is 0 Å². The second kappa shape index (κ2) is 6.69. The summed E-state index contributed by atoms with van der Waals surface area (Å²) in [5, 5.41) is 0. The Morgan fingerprint density at radius 1 is 1.00 bits per heavy atom. The van der Waals surface area contributed by atoms with E-state index in [0.717, 1.165) is 5.92 Å². The van der Waals surface area contributed by atoms with Gasteiger partial charge in [-0.05, 0) is 36.0 Å². The van der Waals surface area contributed by atoms with Crippen LogP contribution >= 0.6 is 0 Å². The van der Waals surface area contributed by atoms with Crippen LogP contribution in [-0.4, -0.2) is 4.98 Å². The molecule has 1 fully saturated rings. The third-order valence-electron chi connectivity index (χ3n) is 3.67. The Bertz CT molecular complexity index is 536. The summed E-state index contributed by atoms with van der Waals surface area (Å²) in [7, 11) is 0. The van der Waals surface area contributed by atoms with E-state index in [1.54, 1.807) is 0 Å². The van der Waals surface area contributed by atoms with Crippen molar-refractivity contribution in [2.75, 3.05) is 0 Å². The summed E-state index contributed by atoms with van der Waals surface area (Å²) < 4.78 is 0. The third-order valence-corrected chi connectivity index (χ3v) is 3.67. The number of benzene rings is 1. The summed E-state index contributed by atoms with van der Waals surface area (Å²) in [6, 6.07) is 13.2. The summed E-state index contributed by atoms with van der Waals surface area (Å²) in [5.74, 6) is 1.31. The first-order chi connectivity index (χ1) is 9.74. The van der Waals surface area contributed by atoms with Crippen molar-refractivity contribution < 1.29 is 0 Å². The Kier molecular flexibility index (Phi) is 4.94. The van der Waals surface area contributed by atoms with Gasteiger partial charge in [-0.15, -0.1) is 0 Å². The molecule has 2 aromatic rings. The minimum absolute atomic E-state index is 0.573. The number of nitrogens with zero attached hydrogens (tertiary/aromatic N) is 1. The standard InChI is InChI=1S/C17H19N.C2H6/c1-12(2)14-4-3-5-15(10-14)16-8-9-17(18-11-16)13-6-7-13;1-2/h3-5,8-13H,6-7H2,1-2H3;1-2H3. The van der Waals surface area contributed by atoms with Crippen LogP contribution in [0.3, 0.4) is 0 Å². The summed E-state index contributed by atoms with van der Waals surface area (Å²) in [6.07, 6.45) is 4.65. The largest absolute Gasteiger partial charge is 0.260 e. The number of hydrogen-bond donors (Lipinski definition) is 0. The molecule has 1 aliphatic carbocycles. The van der Waals surface area contributed by atoms with Crippen molar-refractivity contribution in [2.45, 2.75) is 52.4 Å². The Hall–Kier alpha value is -1.63. The summed E-state index contributed by atoms with van der Waals surface area (Å²) in [4.78, 5) is 4.59. The maximum Gasteiger partial charge on any atom is 0.0434 e. The first-order valence-corrected chi connectivity index (χ1v) is 7.80. The molecule has 1 nitrogen and oxygen atoms in total. The van der Waals surface area contributed by atoms with Gasteiger partial charge in [-0.1, -0.05) is 58.0 Å². The topological polar surface area (TPSA) is 12.9 Å². The van der Waals surface area contributed by atoms with Crippen LogP contribution in [0.5, 0.6) is 0 Å². The zero-order valence-corrected chi connectivity index (χ0v) is 13.1. The van der Waals surface area contributed by atoms with Crippen LogP contribution < -0.4 is 0 Å². The highest BCUT2D eigenvalue weighted by atomic mass is 14.7. The van der Waals surface area contributed by atoms with E-state index in [1.165, 1.54) is 35.2 Å². The first kappa shape index (κ1) is 14.8. The summed E-state index contributed by atoms with van der Waals surface area (Å²) in [6.45, 7) is 8.46. The van der Waals surface area contributed by atoms with Gasteiger partial charge < -0.3 is 0 Å². The highest BCUT2D eigenvalue weighted by Gasteiger charge is 2.24. The van der Waals surface area contributed by atoms with Crippen molar-refractivity contribution in [3.05, 3.63) is 53.9 Å². The number of hydrogen-bond acceptors (Lipinski definition) is 1. The minimum atomic E-state index is 0.573. The Morgan fingerprint density at radius 2 is 1.75 bits per heavy atom. The molecule has 1 heterocycles. The van der Waals surface area contributed by atoms with E-state index in [-0.39, 0.29) is 0 Å². The minimum Gasteiger partial charge on any atom is -0.260 e. The van der Waals surface area contributed by atoms with Crippen LogP contribution in [0.15, 0.2) is 42.6 Å². The lowest BCUT2D eigenvalue weighted by Crippen LogP contribution is -1.90. The van der Waals surface area contributed by atoms with Crippen molar-refractivity contribution in [1.29, 1.82) is 0 Å². The highest BCUT2D eigenvalue weighted by molar-refractivity contribution is 5.63. The van der Waals surface area contributed by atoms with Gasteiger partial charge in [0.25, 0.3) is 0 Å². The molecule has 0 spiro atoms. The SMILES string of the molecule is CC.CC(C)c1cccc(-c2ccc(C3CC3)nc2)c1.